The number of benzene rings is 5. The van der Waals surface area contributed by atoms with E-state index < -0.39 is 17.8 Å². The van der Waals surface area contributed by atoms with E-state index in [0.29, 0.717) is 22.7 Å². The predicted octanol–water partition coefficient (Wildman–Crippen LogP) is 9.06. The summed E-state index contributed by atoms with van der Waals surface area (Å²) >= 11 is 6.92. The molecular formula is C37H27ClF3N5O. The fraction of sp³-hybridized carbons (Fsp3) is 0.162. The van der Waals surface area contributed by atoms with Crippen molar-refractivity contribution in [2.75, 3.05) is 11.9 Å². The molecule has 234 valence electrons. The maximum absolute atomic E-state index is 13.7. The highest BCUT2D eigenvalue weighted by molar-refractivity contribution is 6.41. The summed E-state index contributed by atoms with van der Waals surface area (Å²) in [6.07, 6.45) is -2.47. The topological polar surface area (TPSA) is 82.7 Å². The third-order valence-electron chi connectivity index (χ3n) is 8.43. The zero-order chi connectivity index (χ0) is 32.7. The third kappa shape index (κ3) is 6.06. The summed E-state index contributed by atoms with van der Waals surface area (Å²) in [5.74, 6) is -0.203. The van der Waals surface area contributed by atoms with Crippen LogP contribution in [0.25, 0.3) is 27.2 Å². The SMILES string of the molecule is N#Cc1cccc(-n2nc(C(F)(F)F)cc2C(=O)Nc2cccc(C(NCC3CC3)c3c4ccccc4c(Cl)c4ccccc34)c2)c1. The Labute approximate surface area is 273 Å². The molecule has 1 aromatic heterocycles. The molecule has 1 saturated carbocycles. The second-order valence-corrected chi connectivity index (χ2v) is 12.0. The number of amides is 1. The van der Waals surface area contributed by atoms with Gasteiger partial charge in [0.15, 0.2) is 5.69 Å². The summed E-state index contributed by atoms with van der Waals surface area (Å²) in [7, 11) is 0. The van der Waals surface area contributed by atoms with Crippen molar-refractivity contribution >= 4 is 44.7 Å². The molecule has 1 fully saturated rings. The molecule has 10 heteroatoms. The standard InChI is InChI=1S/C37H27ClF3N5O/c38-34-29-13-3-1-11-27(29)33(28-12-2-4-14-30(28)34)35(43-21-22-15-16-22)24-8-6-9-25(18-24)44-36(47)31-19-32(37(39,40)41)45-46(31)26-10-5-7-23(17-26)20-42/h1-14,17-19,22,35,43H,15-16,21H2,(H,44,47). The number of nitriles is 1. The Kier molecular flexibility index (Phi) is 7.92. The van der Waals surface area contributed by atoms with E-state index >= 15 is 0 Å². The summed E-state index contributed by atoms with van der Waals surface area (Å²) < 4.78 is 42.1. The van der Waals surface area contributed by atoms with Crippen LogP contribution in [0, 0.1) is 17.2 Å². The van der Waals surface area contributed by atoms with Crippen LogP contribution in [0.15, 0.2) is 103 Å². The third-order valence-corrected chi connectivity index (χ3v) is 8.84. The molecule has 1 unspecified atom stereocenters. The maximum atomic E-state index is 13.7. The van der Waals surface area contributed by atoms with E-state index in [0.717, 1.165) is 56.7 Å². The largest absolute Gasteiger partial charge is 0.435 e. The number of carbonyl (C=O) groups excluding carboxylic acids is 1. The van der Waals surface area contributed by atoms with Crippen molar-refractivity contribution in [1.82, 2.24) is 15.1 Å². The molecule has 0 radical (unpaired) electrons. The fourth-order valence-corrected chi connectivity index (χ4v) is 6.32. The van der Waals surface area contributed by atoms with Crippen molar-refractivity contribution in [1.29, 1.82) is 5.26 Å². The highest BCUT2D eigenvalue weighted by Crippen LogP contribution is 2.41. The summed E-state index contributed by atoms with van der Waals surface area (Å²) in [5, 5.41) is 24.1. The molecule has 0 saturated heterocycles. The molecule has 5 aromatic carbocycles. The number of hydrogen-bond donors (Lipinski definition) is 2. The molecule has 6 nitrogen and oxygen atoms in total. The van der Waals surface area contributed by atoms with Crippen molar-refractivity contribution in [2.45, 2.75) is 25.1 Å². The number of hydrogen-bond acceptors (Lipinski definition) is 4. The molecule has 1 aliphatic carbocycles. The molecule has 0 spiro atoms. The van der Waals surface area contributed by atoms with Crippen LogP contribution >= 0.6 is 11.6 Å². The quantitative estimate of drug-likeness (QED) is 0.161. The van der Waals surface area contributed by atoms with Gasteiger partial charge in [-0.1, -0.05) is 78.3 Å². The van der Waals surface area contributed by atoms with Crippen LogP contribution in [0.5, 0.6) is 0 Å². The Morgan fingerprint density at radius 1 is 0.915 bits per heavy atom. The molecule has 6 aromatic rings. The average Bonchev–Trinajstić information content (AvgIpc) is 3.79. The van der Waals surface area contributed by atoms with Crippen LogP contribution < -0.4 is 10.6 Å². The average molecular weight is 650 g/mol. The number of alkyl halides is 3. The minimum absolute atomic E-state index is 0.157. The summed E-state index contributed by atoms with van der Waals surface area (Å²) in [5.41, 5.74) is 1.16. The Hall–Kier alpha value is -5.17. The van der Waals surface area contributed by atoms with Gasteiger partial charge in [-0.05, 0) is 77.5 Å². The van der Waals surface area contributed by atoms with E-state index in [-0.39, 0.29) is 23.0 Å². The van der Waals surface area contributed by atoms with E-state index in [2.05, 4.69) is 27.9 Å². The lowest BCUT2D eigenvalue weighted by molar-refractivity contribution is -0.141. The van der Waals surface area contributed by atoms with Crippen LogP contribution in [0.3, 0.4) is 0 Å². The number of nitrogens with one attached hydrogen (secondary N) is 2. The van der Waals surface area contributed by atoms with Crippen molar-refractivity contribution in [3.8, 4) is 11.8 Å². The highest BCUT2D eigenvalue weighted by atomic mass is 35.5. The summed E-state index contributed by atoms with van der Waals surface area (Å²) in [6.45, 7) is 0.799. The van der Waals surface area contributed by atoms with Gasteiger partial charge in [0.25, 0.3) is 5.91 Å². The lowest BCUT2D eigenvalue weighted by Crippen LogP contribution is -2.25. The predicted molar refractivity (Wildman–Crippen MR) is 177 cm³/mol. The molecule has 1 aliphatic rings. The van der Waals surface area contributed by atoms with E-state index in [1.54, 1.807) is 6.07 Å². The first-order valence-corrected chi connectivity index (χ1v) is 15.5. The first-order chi connectivity index (χ1) is 22.7. The molecule has 1 heterocycles. The Morgan fingerprint density at radius 2 is 1.57 bits per heavy atom. The molecule has 2 N–H and O–H groups in total. The number of halogens is 4. The molecule has 0 bridgehead atoms. The lowest BCUT2D eigenvalue weighted by atomic mass is 9.88. The number of fused-ring (bicyclic) bond motifs is 2. The minimum atomic E-state index is -4.78. The second kappa shape index (κ2) is 12.2. The Morgan fingerprint density at radius 3 is 2.21 bits per heavy atom. The van der Waals surface area contributed by atoms with Gasteiger partial charge in [-0.2, -0.15) is 23.5 Å². The maximum Gasteiger partial charge on any atom is 0.435 e. The van der Waals surface area contributed by atoms with E-state index in [1.165, 1.54) is 24.3 Å². The molecule has 1 amide bonds. The molecule has 7 rings (SSSR count). The van der Waals surface area contributed by atoms with Crippen molar-refractivity contribution < 1.29 is 18.0 Å². The van der Waals surface area contributed by atoms with Gasteiger partial charge in [0, 0.05) is 22.5 Å². The normalized spacial score (nSPS) is 13.9. The smallest absolute Gasteiger partial charge is 0.321 e. The number of nitrogens with zero attached hydrogens (tertiary/aromatic N) is 3. The summed E-state index contributed by atoms with van der Waals surface area (Å²) in [4.78, 5) is 13.6. The zero-order valence-electron chi connectivity index (χ0n) is 24.9. The Bertz CT molecular complexity index is 2140. The lowest BCUT2D eigenvalue weighted by Gasteiger charge is -2.25. The van der Waals surface area contributed by atoms with Crippen molar-refractivity contribution in [2.24, 2.45) is 5.92 Å². The second-order valence-electron chi connectivity index (χ2n) is 11.7. The number of rotatable bonds is 8. The van der Waals surface area contributed by atoms with Gasteiger partial charge in [0.05, 0.1) is 28.4 Å². The highest BCUT2D eigenvalue weighted by Gasteiger charge is 2.36. The van der Waals surface area contributed by atoms with E-state index in [4.69, 9.17) is 11.6 Å². The zero-order valence-corrected chi connectivity index (χ0v) is 25.6. The van der Waals surface area contributed by atoms with Gasteiger partial charge in [-0.25, -0.2) is 4.68 Å². The first kappa shape index (κ1) is 30.5. The monoisotopic (exact) mass is 649 g/mol. The van der Waals surface area contributed by atoms with Crippen LogP contribution in [-0.2, 0) is 6.18 Å². The summed E-state index contributed by atoms with van der Waals surface area (Å²) in [6, 6.07) is 31.6. The van der Waals surface area contributed by atoms with Crippen LogP contribution in [0.2, 0.25) is 5.02 Å². The van der Waals surface area contributed by atoms with Gasteiger partial charge < -0.3 is 10.6 Å². The molecule has 0 aliphatic heterocycles. The van der Waals surface area contributed by atoms with Gasteiger partial charge in [0.2, 0.25) is 0 Å². The van der Waals surface area contributed by atoms with E-state index in [9.17, 15) is 23.2 Å². The van der Waals surface area contributed by atoms with Gasteiger partial charge in [0.1, 0.15) is 5.69 Å². The van der Waals surface area contributed by atoms with Gasteiger partial charge >= 0.3 is 6.18 Å². The Balaban J connectivity index is 1.30. The van der Waals surface area contributed by atoms with Crippen LogP contribution in [0.4, 0.5) is 18.9 Å². The number of aromatic nitrogens is 2. The number of anilines is 1. The molecular weight excluding hydrogens is 623 g/mol. The van der Waals surface area contributed by atoms with Crippen LogP contribution in [0.1, 0.15) is 51.8 Å². The molecule has 1 atom stereocenters. The van der Waals surface area contributed by atoms with Crippen molar-refractivity contribution in [3.05, 3.63) is 136 Å². The molecule has 47 heavy (non-hydrogen) atoms. The van der Waals surface area contributed by atoms with Crippen LogP contribution in [-0.4, -0.2) is 22.2 Å². The fourth-order valence-electron chi connectivity index (χ4n) is 5.99. The van der Waals surface area contributed by atoms with Gasteiger partial charge in [-0.15, -0.1) is 0 Å². The first-order valence-electron chi connectivity index (χ1n) is 15.1. The van der Waals surface area contributed by atoms with Gasteiger partial charge in [-0.3, -0.25) is 4.79 Å². The minimum Gasteiger partial charge on any atom is -0.321 e. The van der Waals surface area contributed by atoms with E-state index in [1.807, 2.05) is 60.7 Å². The van der Waals surface area contributed by atoms with Crippen molar-refractivity contribution in [3.63, 3.8) is 0 Å². The number of carbonyl (C=O) groups is 1.